The Labute approximate surface area is 165 Å². The number of carbonyl (C=O) groups excluding carboxylic acids is 1. The van der Waals surface area contributed by atoms with Crippen LogP contribution in [0.2, 0.25) is 0 Å². The van der Waals surface area contributed by atoms with Gasteiger partial charge in [-0.25, -0.2) is 9.78 Å². The van der Waals surface area contributed by atoms with Gasteiger partial charge in [-0.1, -0.05) is 17.7 Å². The number of guanidine groups is 1. The van der Waals surface area contributed by atoms with Gasteiger partial charge in [-0.2, -0.15) is 0 Å². The van der Waals surface area contributed by atoms with Gasteiger partial charge in [0.1, 0.15) is 6.26 Å². The van der Waals surface area contributed by atoms with Gasteiger partial charge < -0.3 is 24.7 Å². The fourth-order valence-corrected chi connectivity index (χ4v) is 3.11. The molecule has 0 aliphatic carbocycles. The van der Waals surface area contributed by atoms with E-state index in [1.54, 1.807) is 18.2 Å². The second kappa shape index (κ2) is 9.25. The average Bonchev–Trinajstić information content (AvgIpc) is 3.20. The van der Waals surface area contributed by atoms with Crippen molar-refractivity contribution in [2.24, 2.45) is 4.99 Å². The zero-order valence-corrected chi connectivity index (χ0v) is 16.6. The Morgan fingerprint density at radius 1 is 1.32 bits per heavy atom. The highest BCUT2D eigenvalue weighted by Crippen LogP contribution is 2.19. The molecule has 1 fully saturated rings. The van der Waals surface area contributed by atoms with Crippen LogP contribution in [0.3, 0.4) is 0 Å². The van der Waals surface area contributed by atoms with Crippen LogP contribution >= 0.6 is 0 Å². The average molecular weight is 385 g/mol. The molecule has 1 aromatic heterocycles. The molecule has 150 valence electrons. The Morgan fingerprint density at radius 3 is 2.68 bits per heavy atom. The molecule has 8 nitrogen and oxygen atoms in total. The molecule has 0 unspecified atom stereocenters. The normalized spacial score (nSPS) is 15.4. The molecule has 1 aliphatic heterocycles. The molecule has 1 aliphatic rings. The fourth-order valence-electron chi connectivity index (χ4n) is 3.11. The van der Waals surface area contributed by atoms with Crippen molar-refractivity contribution in [1.82, 2.24) is 20.5 Å². The van der Waals surface area contributed by atoms with E-state index in [1.807, 2.05) is 31.2 Å². The van der Waals surface area contributed by atoms with Gasteiger partial charge in [-0.3, -0.25) is 4.99 Å². The maximum atomic E-state index is 11.6. The third-order valence-electron chi connectivity index (χ3n) is 4.78. The van der Waals surface area contributed by atoms with E-state index in [0.717, 1.165) is 24.1 Å². The van der Waals surface area contributed by atoms with Crippen molar-refractivity contribution in [3.8, 4) is 11.5 Å². The summed E-state index contributed by atoms with van der Waals surface area (Å²) in [5.41, 5.74) is 2.96. The molecule has 0 spiro atoms. The largest absolute Gasteiger partial charge is 0.453 e. The molecule has 0 radical (unpaired) electrons. The van der Waals surface area contributed by atoms with Crippen molar-refractivity contribution in [2.45, 2.75) is 32.4 Å². The lowest BCUT2D eigenvalue weighted by atomic mass is 10.1. The number of aryl methyl sites for hydroxylation is 1. The Balaban J connectivity index is 1.48. The topological polar surface area (TPSA) is 92.0 Å². The van der Waals surface area contributed by atoms with Crippen LogP contribution in [-0.2, 0) is 11.3 Å². The molecule has 3 rings (SSSR count). The van der Waals surface area contributed by atoms with E-state index in [0.29, 0.717) is 31.5 Å². The molecule has 0 atom stereocenters. The Morgan fingerprint density at radius 2 is 2.04 bits per heavy atom. The second-order valence-electron chi connectivity index (χ2n) is 6.81. The van der Waals surface area contributed by atoms with E-state index < -0.39 is 0 Å². The number of nitrogens with one attached hydrogen (secondary N) is 2. The maximum absolute atomic E-state index is 11.6. The zero-order chi connectivity index (χ0) is 19.9. The van der Waals surface area contributed by atoms with Crippen molar-refractivity contribution in [3.05, 3.63) is 41.8 Å². The molecule has 1 saturated heterocycles. The van der Waals surface area contributed by atoms with Crippen molar-refractivity contribution in [3.63, 3.8) is 0 Å². The number of methoxy groups -OCH3 is 1. The Kier molecular flexibility index (Phi) is 6.52. The smallest absolute Gasteiger partial charge is 0.409 e. The van der Waals surface area contributed by atoms with Gasteiger partial charge in [0.05, 0.1) is 19.3 Å². The molecule has 28 heavy (non-hydrogen) atoms. The van der Waals surface area contributed by atoms with Gasteiger partial charge in [-0.05, 0) is 31.9 Å². The number of oxazole rings is 1. The van der Waals surface area contributed by atoms with Gasteiger partial charge in [0.25, 0.3) is 0 Å². The fraction of sp³-hybridized carbons (Fsp3) is 0.450. The molecular weight excluding hydrogens is 358 g/mol. The first-order valence-electron chi connectivity index (χ1n) is 9.40. The maximum Gasteiger partial charge on any atom is 0.409 e. The number of ether oxygens (including phenoxy) is 1. The number of amides is 1. The number of aliphatic imine (C=N–C) groups is 1. The van der Waals surface area contributed by atoms with Crippen LogP contribution in [0, 0.1) is 6.92 Å². The van der Waals surface area contributed by atoms with E-state index in [2.05, 4.69) is 20.6 Å². The molecule has 0 bridgehead atoms. The lowest BCUT2D eigenvalue weighted by Gasteiger charge is -2.32. The van der Waals surface area contributed by atoms with Crippen LogP contribution in [-0.4, -0.2) is 55.2 Å². The van der Waals surface area contributed by atoms with Crippen molar-refractivity contribution >= 4 is 12.1 Å². The van der Waals surface area contributed by atoms with E-state index in [4.69, 9.17) is 9.15 Å². The monoisotopic (exact) mass is 385 g/mol. The number of hydrogen-bond acceptors (Lipinski definition) is 5. The second-order valence-corrected chi connectivity index (χ2v) is 6.81. The van der Waals surface area contributed by atoms with Crippen LogP contribution in [0.4, 0.5) is 4.79 Å². The summed E-state index contributed by atoms with van der Waals surface area (Å²) in [6.45, 7) is 3.90. The summed E-state index contributed by atoms with van der Waals surface area (Å²) in [6, 6.07) is 8.33. The first-order valence-corrected chi connectivity index (χ1v) is 9.40. The minimum absolute atomic E-state index is 0.257. The quantitative estimate of drug-likeness (QED) is 0.621. The highest BCUT2D eigenvalue weighted by atomic mass is 16.5. The number of benzene rings is 1. The number of nitrogens with zero attached hydrogens (tertiary/aromatic N) is 3. The number of rotatable bonds is 4. The van der Waals surface area contributed by atoms with Crippen LogP contribution in [0.25, 0.3) is 11.5 Å². The summed E-state index contributed by atoms with van der Waals surface area (Å²) in [6.07, 6.45) is 3.08. The Bertz CT molecular complexity index is 808. The molecule has 2 N–H and O–H groups in total. The molecule has 2 aromatic rings. The van der Waals surface area contributed by atoms with Gasteiger partial charge in [-0.15, -0.1) is 0 Å². The Hall–Kier alpha value is -3.03. The molecule has 8 heteroatoms. The lowest BCUT2D eigenvalue weighted by molar-refractivity contribution is 0.111. The van der Waals surface area contributed by atoms with Gasteiger partial charge in [0.2, 0.25) is 5.89 Å². The first-order chi connectivity index (χ1) is 13.6. The van der Waals surface area contributed by atoms with E-state index in [9.17, 15) is 4.79 Å². The zero-order valence-electron chi connectivity index (χ0n) is 16.6. The number of likely N-dealkylation sites (tertiary alicyclic amines) is 1. The van der Waals surface area contributed by atoms with Crippen LogP contribution < -0.4 is 10.6 Å². The molecular formula is C20H27N5O3. The van der Waals surface area contributed by atoms with E-state index in [-0.39, 0.29) is 12.1 Å². The summed E-state index contributed by atoms with van der Waals surface area (Å²) in [5.74, 6) is 1.31. The van der Waals surface area contributed by atoms with Gasteiger partial charge in [0, 0.05) is 31.7 Å². The SMILES string of the molecule is CN=C(NCc1coc(-c2ccc(C)cc2)n1)NC1CCN(C(=O)OC)CC1. The minimum Gasteiger partial charge on any atom is -0.453 e. The van der Waals surface area contributed by atoms with Crippen molar-refractivity contribution in [2.75, 3.05) is 27.2 Å². The van der Waals surface area contributed by atoms with E-state index in [1.165, 1.54) is 12.7 Å². The summed E-state index contributed by atoms with van der Waals surface area (Å²) >= 11 is 0. The number of hydrogen-bond donors (Lipinski definition) is 2. The molecule has 1 aromatic carbocycles. The van der Waals surface area contributed by atoms with Crippen LogP contribution in [0.5, 0.6) is 0 Å². The van der Waals surface area contributed by atoms with Crippen molar-refractivity contribution in [1.29, 1.82) is 0 Å². The molecule has 0 saturated carbocycles. The molecule has 2 heterocycles. The van der Waals surface area contributed by atoms with Gasteiger partial charge >= 0.3 is 6.09 Å². The predicted molar refractivity (Wildman–Crippen MR) is 107 cm³/mol. The summed E-state index contributed by atoms with van der Waals surface area (Å²) in [7, 11) is 3.14. The summed E-state index contributed by atoms with van der Waals surface area (Å²) in [5, 5.41) is 6.66. The number of aromatic nitrogens is 1. The summed E-state index contributed by atoms with van der Waals surface area (Å²) < 4.78 is 10.4. The predicted octanol–water partition coefficient (Wildman–Crippen LogP) is 2.55. The third kappa shape index (κ3) is 5.03. The van der Waals surface area contributed by atoms with Crippen molar-refractivity contribution < 1.29 is 13.9 Å². The van der Waals surface area contributed by atoms with Crippen LogP contribution in [0.1, 0.15) is 24.1 Å². The highest BCUT2D eigenvalue weighted by molar-refractivity contribution is 5.80. The molecule has 1 amide bonds. The standard InChI is InChI=1S/C20H27N5O3/c1-14-4-6-15(7-5-14)18-23-17(13-28-18)12-22-19(21-2)24-16-8-10-25(11-9-16)20(26)27-3/h4-7,13,16H,8-12H2,1-3H3,(H2,21,22,24). The first kappa shape index (κ1) is 19.7. The van der Waals surface area contributed by atoms with Gasteiger partial charge in [0.15, 0.2) is 5.96 Å². The van der Waals surface area contributed by atoms with Crippen LogP contribution in [0.15, 0.2) is 39.9 Å². The number of carbonyl (C=O) groups is 1. The lowest BCUT2D eigenvalue weighted by Crippen LogP contribution is -2.49. The number of piperidine rings is 1. The third-order valence-corrected chi connectivity index (χ3v) is 4.78. The van der Waals surface area contributed by atoms with E-state index >= 15 is 0 Å². The minimum atomic E-state index is -0.267. The highest BCUT2D eigenvalue weighted by Gasteiger charge is 2.23. The summed E-state index contributed by atoms with van der Waals surface area (Å²) in [4.78, 5) is 22.1.